The predicted molar refractivity (Wildman–Crippen MR) is 97.1 cm³/mol. The zero-order chi connectivity index (χ0) is 16.2. The lowest BCUT2D eigenvalue weighted by Gasteiger charge is -2.06. The summed E-state index contributed by atoms with van der Waals surface area (Å²) < 4.78 is 10.8. The van der Waals surface area contributed by atoms with Gasteiger partial charge in [0.25, 0.3) is 0 Å². The van der Waals surface area contributed by atoms with Crippen LogP contribution in [0.2, 0.25) is 0 Å². The van der Waals surface area contributed by atoms with Crippen molar-refractivity contribution in [2.24, 2.45) is 0 Å². The minimum Gasteiger partial charge on any atom is -0.491 e. The normalized spacial score (nSPS) is 16.8. The topological polar surface area (TPSA) is 21.8 Å². The van der Waals surface area contributed by atoms with Gasteiger partial charge in [-0.3, -0.25) is 0 Å². The Morgan fingerprint density at radius 1 is 1.00 bits per heavy atom. The maximum Gasteiger partial charge on any atom is 0.119 e. The number of hydrogen-bond donors (Lipinski definition) is 0. The lowest BCUT2D eigenvalue weighted by molar-refractivity contribution is 0.263. The van der Waals surface area contributed by atoms with Crippen LogP contribution in [0.15, 0.2) is 36.4 Å². The maximum absolute atomic E-state index is 5.66. The number of hydrogen-bond acceptors (Lipinski definition) is 2. The fraction of sp³-hybridized carbons (Fsp3) is 0.619. The third kappa shape index (κ3) is 8.80. The molecule has 1 unspecified atom stereocenters. The summed E-state index contributed by atoms with van der Waals surface area (Å²) in [5.41, 5.74) is 1.41. The summed E-state index contributed by atoms with van der Waals surface area (Å²) in [6.07, 6.45) is 16.7. The van der Waals surface area contributed by atoms with E-state index in [1.54, 1.807) is 0 Å². The molecule has 1 aliphatic heterocycles. The molecule has 0 N–H and O–H groups in total. The second-order valence-corrected chi connectivity index (χ2v) is 6.48. The van der Waals surface area contributed by atoms with E-state index >= 15 is 0 Å². The Morgan fingerprint density at radius 2 is 1.70 bits per heavy atom. The van der Waals surface area contributed by atoms with Crippen molar-refractivity contribution in [2.75, 3.05) is 13.2 Å². The highest BCUT2D eigenvalue weighted by Crippen LogP contribution is 2.17. The molecule has 0 saturated carbocycles. The molecule has 1 aliphatic rings. The Hall–Kier alpha value is -1.28. The van der Waals surface area contributed by atoms with E-state index in [1.165, 1.54) is 63.4 Å². The molecular formula is C21H32O2. The van der Waals surface area contributed by atoms with E-state index in [9.17, 15) is 0 Å². The summed E-state index contributed by atoms with van der Waals surface area (Å²) in [5.74, 6) is 0.956. The third-order valence-electron chi connectivity index (χ3n) is 4.24. The van der Waals surface area contributed by atoms with E-state index in [4.69, 9.17) is 9.47 Å². The van der Waals surface area contributed by atoms with Gasteiger partial charge < -0.3 is 9.47 Å². The second kappa shape index (κ2) is 11.3. The maximum atomic E-state index is 5.66. The van der Waals surface area contributed by atoms with Crippen LogP contribution in [-0.4, -0.2) is 19.3 Å². The van der Waals surface area contributed by atoms with Gasteiger partial charge in [0.15, 0.2) is 0 Å². The highest BCUT2D eigenvalue weighted by atomic mass is 16.6. The number of unbranched alkanes of at least 4 members (excludes halogenated alkanes) is 6. The number of aryl methyl sites for hydroxylation is 1. The summed E-state index contributed by atoms with van der Waals surface area (Å²) in [4.78, 5) is 0. The summed E-state index contributed by atoms with van der Waals surface area (Å²) in [6.45, 7) is 3.80. The molecular weight excluding hydrogens is 284 g/mol. The zero-order valence-electron chi connectivity index (χ0n) is 14.6. The molecule has 2 rings (SSSR count). The van der Waals surface area contributed by atoms with Crippen molar-refractivity contribution >= 4 is 0 Å². The van der Waals surface area contributed by atoms with Crippen LogP contribution in [-0.2, 0) is 11.2 Å². The van der Waals surface area contributed by atoms with Gasteiger partial charge >= 0.3 is 0 Å². The molecule has 0 aromatic heterocycles. The van der Waals surface area contributed by atoms with Crippen molar-refractivity contribution < 1.29 is 9.47 Å². The van der Waals surface area contributed by atoms with Crippen molar-refractivity contribution in [3.63, 3.8) is 0 Å². The molecule has 2 nitrogen and oxygen atoms in total. The average molecular weight is 316 g/mol. The fourth-order valence-corrected chi connectivity index (χ4v) is 2.62. The van der Waals surface area contributed by atoms with Crippen LogP contribution in [0.1, 0.15) is 63.9 Å². The highest BCUT2D eigenvalue weighted by molar-refractivity contribution is 5.27. The SMILES string of the molecule is CCCCC/C=C/CCCCCc1ccc(OCC2CO2)cc1. The number of benzene rings is 1. The van der Waals surface area contributed by atoms with E-state index in [0.717, 1.165) is 12.4 Å². The van der Waals surface area contributed by atoms with E-state index in [0.29, 0.717) is 12.7 Å². The van der Waals surface area contributed by atoms with E-state index in [1.807, 2.05) is 0 Å². The molecule has 1 heterocycles. The van der Waals surface area contributed by atoms with Gasteiger partial charge in [0.2, 0.25) is 0 Å². The molecule has 0 aliphatic carbocycles. The Balaban J connectivity index is 1.47. The van der Waals surface area contributed by atoms with Crippen molar-refractivity contribution in [3.05, 3.63) is 42.0 Å². The number of epoxide rings is 1. The molecule has 0 amide bonds. The van der Waals surface area contributed by atoms with Crippen LogP contribution in [0.4, 0.5) is 0 Å². The van der Waals surface area contributed by atoms with Crippen LogP contribution in [0, 0.1) is 0 Å². The van der Waals surface area contributed by atoms with Gasteiger partial charge in [0, 0.05) is 0 Å². The van der Waals surface area contributed by atoms with E-state index in [2.05, 4.69) is 43.3 Å². The lowest BCUT2D eigenvalue weighted by atomic mass is 10.1. The zero-order valence-corrected chi connectivity index (χ0v) is 14.6. The van der Waals surface area contributed by atoms with Gasteiger partial charge in [0.05, 0.1) is 6.61 Å². The summed E-state index contributed by atoms with van der Waals surface area (Å²) in [7, 11) is 0. The first-order valence-corrected chi connectivity index (χ1v) is 9.37. The lowest BCUT2D eigenvalue weighted by Crippen LogP contribution is -2.03. The average Bonchev–Trinajstić information content (AvgIpc) is 3.40. The Bertz CT molecular complexity index is 432. The van der Waals surface area contributed by atoms with Crippen LogP contribution >= 0.6 is 0 Å². The van der Waals surface area contributed by atoms with Crippen LogP contribution in [0.5, 0.6) is 5.75 Å². The monoisotopic (exact) mass is 316 g/mol. The number of allylic oxidation sites excluding steroid dienone is 2. The molecule has 2 heteroatoms. The largest absolute Gasteiger partial charge is 0.491 e. The van der Waals surface area contributed by atoms with Crippen molar-refractivity contribution in [1.29, 1.82) is 0 Å². The Kier molecular flexibility index (Phi) is 8.86. The summed E-state index contributed by atoms with van der Waals surface area (Å²) in [6, 6.07) is 8.54. The molecule has 0 bridgehead atoms. The molecule has 23 heavy (non-hydrogen) atoms. The minimum absolute atomic E-state index is 0.329. The molecule has 1 atom stereocenters. The smallest absolute Gasteiger partial charge is 0.119 e. The molecule has 0 spiro atoms. The second-order valence-electron chi connectivity index (χ2n) is 6.48. The van der Waals surface area contributed by atoms with Gasteiger partial charge in [-0.15, -0.1) is 0 Å². The summed E-state index contributed by atoms with van der Waals surface area (Å²) in [5, 5.41) is 0. The van der Waals surface area contributed by atoms with Crippen molar-refractivity contribution in [3.8, 4) is 5.75 Å². The molecule has 1 aromatic rings. The molecule has 1 aromatic carbocycles. The molecule has 128 valence electrons. The molecule has 0 radical (unpaired) electrons. The van der Waals surface area contributed by atoms with Gasteiger partial charge in [-0.2, -0.15) is 0 Å². The van der Waals surface area contributed by atoms with Gasteiger partial charge in [0.1, 0.15) is 18.5 Å². The first-order valence-electron chi connectivity index (χ1n) is 9.37. The van der Waals surface area contributed by atoms with Gasteiger partial charge in [-0.25, -0.2) is 0 Å². The highest BCUT2D eigenvalue weighted by Gasteiger charge is 2.22. The molecule has 1 fully saturated rings. The van der Waals surface area contributed by atoms with E-state index in [-0.39, 0.29) is 0 Å². The Morgan fingerprint density at radius 3 is 2.35 bits per heavy atom. The van der Waals surface area contributed by atoms with Crippen molar-refractivity contribution in [2.45, 2.75) is 70.8 Å². The van der Waals surface area contributed by atoms with Crippen LogP contribution < -0.4 is 4.74 Å². The summed E-state index contributed by atoms with van der Waals surface area (Å²) >= 11 is 0. The third-order valence-corrected chi connectivity index (χ3v) is 4.24. The fourth-order valence-electron chi connectivity index (χ4n) is 2.62. The number of ether oxygens (including phenoxy) is 2. The van der Waals surface area contributed by atoms with E-state index < -0.39 is 0 Å². The number of rotatable bonds is 13. The Labute approximate surface area is 141 Å². The van der Waals surface area contributed by atoms with Gasteiger partial charge in [-0.05, 0) is 56.2 Å². The van der Waals surface area contributed by atoms with Crippen LogP contribution in [0.3, 0.4) is 0 Å². The van der Waals surface area contributed by atoms with Crippen LogP contribution in [0.25, 0.3) is 0 Å². The first-order chi connectivity index (χ1) is 11.4. The predicted octanol–water partition coefficient (Wildman–Crippen LogP) is 5.70. The minimum atomic E-state index is 0.329. The standard InChI is InChI=1S/C21H32O2/c1-2-3-4-5-6-7-8-9-10-11-12-19-13-15-20(16-14-19)22-17-21-18-23-21/h6-7,13-16,21H,2-5,8-12,17-18H2,1H3/b7-6+. The molecule has 1 saturated heterocycles. The quantitative estimate of drug-likeness (QED) is 0.264. The van der Waals surface area contributed by atoms with Gasteiger partial charge in [-0.1, -0.05) is 50.5 Å². The first kappa shape index (κ1) is 18.1. The van der Waals surface area contributed by atoms with Crippen molar-refractivity contribution in [1.82, 2.24) is 0 Å².